The highest BCUT2D eigenvalue weighted by molar-refractivity contribution is 5.31. The van der Waals surface area contributed by atoms with Gasteiger partial charge in [0, 0.05) is 19.6 Å². The molecule has 23 heavy (non-hydrogen) atoms. The monoisotopic (exact) mass is 328 g/mol. The molecule has 0 bridgehead atoms. The minimum Gasteiger partial charge on any atom is -0.497 e. The molecule has 0 saturated heterocycles. The molecule has 0 aliphatic carbocycles. The van der Waals surface area contributed by atoms with Crippen LogP contribution in [0.2, 0.25) is 0 Å². The van der Waals surface area contributed by atoms with Gasteiger partial charge >= 0.3 is 0 Å². The molecule has 0 aliphatic heterocycles. The molecule has 0 amide bonds. The second kappa shape index (κ2) is 11.2. The van der Waals surface area contributed by atoms with Gasteiger partial charge in [-0.05, 0) is 31.3 Å². The Balaban J connectivity index is 2.15. The van der Waals surface area contributed by atoms with E-state index in [9.17, 15) is 10.2 Å². The predicted molar refractivity (Wildman–Crippen MR) is 87.9 cm³/mol. The largest absolute Gasteiger partial charge is 0.497 e. The van der Waals surface area contributed by atoms with Gasteiger partial charge in [-0.25, -0.2) is 0 Å². The summed E-state index contributed by atoms with van der Waals surface area (Å²) in [6.45, 7) is 2.23. The van der Waals surface area contributed by atoms with Gasteiger partial charge in [-0.1, -0.05) is 0 Å². The fraction of sp³-hybridized carbons (Fsp3) is 0.625. The standard InChI is InChI=1S/C16H28N2O5/c1-18(7-8-22-11-13(19)9-17)10-14(20)12-23-16-5-3-15(21-2)4-6-16/h3-6,13-14,19-20H,7-12,17H2,1-2H3. The third kappa shape index (κ3) is 8.73. The second-order valence-corrected chi connectivity index (χ2v) is 5.37. The number of methoxy groups -OCH3 is 1. The SMILES string of the molecule is COc1ccc(OCC(O)CN(C)CCOCC(O)CN)cc1. The van der Waals surface area contributed by atoms with Gasteiger partial charge in [0.05, 0.1) is 26.4 Å². The van der Waals surface area contributed by atoms with Crippen LogP contribution in [0, 0.1) is 0 Å². The van der Waals surface area contributed by atoms with Crippen molar-refractivity contribution in [1.82, 2.24) is 4.90 Å². The van der Waals surface area contributed by atoms with Gasteiger partial charge in [0.15, 0.2) is 0 Å². The maximum Gasteiger partial charge on any atom is 0.119 e. The number of rotatable bonds is 12. The summed E-state index contributed by atoms with van der Waals surface area (Å²) < 4.78 is 15.9. The fourth-order valence-corrected chi connectivity index (χ4v) is 1.88. The third-order valence-electron chi connectivity index (χ3n) is 3.22. The Bertz CT molecular complexity index is 415. The van der Waals surface area contributed by atoms with Gasteiger partial charge in [-0.2, -0.15) is 0 Å². The molecular weight excluding hydrogens is 300 g/mol. The molecule has 0 heterocycles. The van der Waals surface area contributed by atoms with Crippen molar-refractivity contribution in [3.63, 3.8) is 0 Å². The first-order valence-electron chi connectivity index (χ1n) is 7.64. The fourth-order valence-electron chi connectivity index (χ4n) is 1.88. The lowest BCUT2D eigenvalue weighted by Crippen LogP contribution is -2.35. The van der Waals surface area contributed by atoms with E-state index in [4.69, 9.17) is 19.9 Å². The summed E-state index contributed by atoms with van der Waals surface area (Å²) in [6.07, 6.45) is -1.22. The van der Waals surface area contributed by atoms with Crippen LogP contribution < -0.4 is 15.2 Å². The Labute approximate surface area is 137 Å². The van der Waals surface area contributed by atoms with E-state index in [-0.39, 0.29) is 19.8 Å². The second-order valence-electron chi connectivity index (χ2n) is 5.37. The minimum atomic E-state index is -0.621. The van der Waals surface area contributed by atoms with Crippen molar-refractivity contribution in [2.75, 3.05) is 53.6 Å². The van der Waals surface area contributed by atoms with Crippen LogP contribution in [-0.2, 0) is 4.74 Å². The number of likely N-dealkylation sites (N-methyl/N-ethyl adjacent to an activating group) is 1. The first-order chi connectivity index (χ1) is 11.0. The number of benzene rings is 1. The van der Waals surface area contributed by atoms with E-state index in [1.807, 2.05) is 11.9 Å². The van der Waals surface area contributed by atoms with Crippen molar-refractivity contribution >= 4 is 0 Å². The lowest BCUT2D eigenvalue weighted by atomic mass is 10.3. The topological polar surface area (TPSA) is 97.4 Å². The molecule has 2 unspecified atom stereocenters. The van der Waals surface area contributed by atoms with Crippen LogP contribution >= 0.6 is 0 Å². The first-order valence-corrected chi connectivity index (χ1v) is 7.64. The van der Waals surface area contributed by atoms with Crippen molar-refractivity contribution in [1.29, 1.82) is 0 Å². The van der Waals surface area contributed by atoms with Gasteiger partial charge in [0.25, 0.3) is 0 Å². The highest BCUT2D eigenvalue weighted by Crippen LogP contribution is 2.17. The lowest BCUT2D eigenvalue weighted by molar-refractivity contribution is 0.0245. The number of nitrogens with zero attached hydrogens (tertiary/aromatic N) is 1. The van der Waals surface area contributed by atoms with Gasteiger partial charge in [-0.3, -0.25) is 0 Å². The number of hydrogen-bond donors (Lipinski definition) is 3. The molecule has 0 saturated carbocycles. The molecule has 7 nitrogen and oxygen atoms in total. The van der Waals surface area contributed by atoms with Crippen molar-refractivity contribution in [3.8, 4) is 11.5 Å². The van der Waals surface area contributed by atoms with E-state index in [0.717, 1.165) is 5.75 Å². The predicted octanol–water partition coefficient (Wildman–Crippen LogP) is -0.297. The van der Waals surface area contributed by atoms with E-state index in [1.165, 1.54) is 0 Å². The third-order valence-corrected chi connectivity index (χ3v) is 3.22. The number of aliphatic hydroxyl groups excluding tert-OH is 2. The molecule has 7 heteroatoms. The Morgan fingerprint density at radius 2 is 1.74 bits per heavy atom. The summed E-state index contributed by atoms with van der Waals surface area (Å²) in [7, 11) is 3.50. The summed E-state index contributed by atoms with van der Waals surface area (Å²) in [5, 5.41) is 19.2. The van der Waals surface area contributed by atoms with Crippen LogP contribution in [0.5, 0.6) is 11.5 Å². The maximum absolute atomic E-state index is 9.98. The molecule has 4 N–H and O–H groups in total. The average molecular weight is 328 g/mol. The molecule has 2 atom stereocenters. The van der Waals surface area contributed by atoms with E-state index in [0.29, 0.717) is 25.4 Å². The summed E-state index contributed by atoms with van der Waals surface area (Å²) >= 11 is 0. The Morgan fingerprint density at radius 1 is 1.09 bits per heavy atom. The number of nitrogens with two attached hydrogens (primary N) is 1. The van der Waals surface area contributed by atoms with Gasteiger partial charge in [-0.15, -0.1) is 0 Å². The number of aliphatic hydroxyl groups is 2. The van der Waals surface area contributed by atoms with E-state index < -0.39 is 12.2 Å². The molecule has 0 fully saturated rings. The normalized spacial score (nSPS) is 13.8. The minimum absolute atomic E-state index is 0.192. The van der Waals surface area contributed by atoms with E-state index in [2.05, 4.69) is 0 Å². The van der Waals surface area contributed by atoms with Crippen LogP contribution in [0.15, 0.2) is 24.3 Å². The number of hydrogen-bond acceptors (Lipinski definition) is 7. The van der Waals surface area contributed by atoms with Crippen LogP contribution in [0.3, 0.4) is 0 Å². The lowest BCUT2D eigenvalue weighted by Gasteiger charge is -2.21. The first kappa shape index (κ1) is 19.7. The number of ether oxygens (including phenoxy) is 3. The molecule has 1 rings (SSSR count). The van der Waals surface area contributed by atoms with Crippen molar-refractivity contribution < 1.29 is 24.4 Å². The van der Waals surface area contributed by atoms with Crippen LogP contribution in [0.25, 0.3) is 0 Å². The smallest absolute Gasteiger partial charge is 0.119 e. The molecule has 1 aromatic carbocycles. The van der Waals surface area contributed by atoms with E-state index >= 15 is 0 Å². The highest BCUT2D eigenvalue weighted by Gasteiger charge is 2.10. The quantitative estimate of drug-likeness (QED) is 0.453. The van der Waals surface area contributed by atoms with E-state index in [1.54, 1.807) is 31.4 Å². The zero-order valence-corrected chi connectivity index (χ0v) is 13.9. The summed E-state index contributed by atoms with van der Waals surface area (Å²) in [4.78, 5) is 1.94. The average Bonchev–Trinajstić information content (AvgIpc) is 2.57. The van der Waals surface area contributed by atoms with Gasteiger partial charge in [0.1, 0.15) is 24.2 Å². The molecule has 132 valence electrons. The Kier molecular flexibility index (Phi) is 9.58. The summed E-state index contributed by atoms with van der Waals surface area (Å²) in [5.41, 5.74) is 5.28. The zero-order chi connectivity index (χ0) is 17.1. The molecule has 0 aromatic heterocycles. The van der Waals surface area contributed by atoms with Gasteiger partial charge in [0.2, 0.25) is 0 Å². The molecule has 0 aliphatic rings. The molecular formula is C16H28N2O5. The molecule has 0 radical (unpaired) electrons. The summed E-state index contributed by atoms with van der Waals surface area (Å²) in [6, 6.07) is 7.21. The Morgan fingerprint density at radius 3 is 2.35 bits per heavy atom. The zero-order valence-electron chi connectivity index (χ0n) is 13.9. The van der Waals surface area contributed by atoms with Crippen LogP contribution in [0.1, 0.15) is 0 Å². The molecule has 0 spiro atoms. The maximum atomic E-state index is 9.98. The summed E-state index contributed by atoms with van der Waals surface area (Å²) in [5.74, 6) is 1.45. The Hall–Kier alpha value is -1.38. The van der Waals surface area contributed by atoms with Crippen molar-refractivity contribution in [2.24, 2.45) is 5.73 Å². The molecule has 1 aromatic rings. The van der Waals surface area contributed by atoms with Crippen LogP contribution in [0.4, 0.5) is 0 Å². The van der Waals surface area contributed by atoms with Crippen molar-refractivity contribution in [2.45, 2.75) is 12.2 Å². The van der Waals surface area contributed by atoms with Crippen molar-refractivity contribution in [3.05, 3.63) is 24.3 Å². The van der Waals surface area contributed by atoms with Gasteiger partial charge < -0.3 is 35.1 Å². The highest BCUT2D eigenvalue weighted by atomic mass is 16.5. The van der Waals surface area contributed by atoms with Crippen LogP contribution in [-0.4, -0.2) is 80.9 Å².